The molecule has 0 radical (unpaired) electrons. The number of benzene rings is 1. The highest BCUT2D eigenvalue weighted by atomic mass is 35.5. The number of halogens is 1. The van der Waals surface area contributed by atoms with Crippen LogP contribution in [0.1, 0.15) is 5.56 Å². The summed E-state index contributed by atoms with van der Waals surface area (Å²) in [5, 5.41) is 13.8. The van der Waals surface area contributed by atoms with E-state index in [1.807, 2.05) is 0 Å². The average molecular weight is 293 g/mol. The number of nitrogens with zero attached hydrogens (tertiary/aromatic N) is 2. The number of nitro groups is 1. The molecular weight excluding hydrogens is 284 g/mol. The third-order valence-corrected chi connectivity index (χ3v) is 2.77. The lowest BCUT2D eigenvalue weighted by molar-refractivity contribution is -0.384. The van der Waals surface area contributed by atoms with Gasteiger partial charge in [0, 0.05) is 25.9 Å². The summed E-state index contributed by atoms with van der Waals surface area (Å²) in [6.45, 7) is 0. The largest absolute Gasteiger partial charge is 0.545 e. The number of thiol groups is 1. The standard InChI is InChI=1S/C8H9ClN4O2S2/c1-11-7-5(12(14)15)3-2-4(9)6(7)8(10)13(16)17/h2-3,11H,10H2,1H3,(H,16,17). The quantitative estimate of drug-likeness (QED) is 0.149. The van der Waals surface area contributed by atoms with E-state index in [4.69, 9.17) is 30.1 Å². The predicted octanol–water partition coefficient (Wildman–Crippen LogP) is 1.31. The number of hydrogen-bond donors (Lipinski definition) is 3. The molecule has 0 atom stereocenters. The molecule has 0 aliphatic rings. The van der Waals surface area contributed by atoms with Gasteiger partial charge in [-0.15, -0.1) is 0 Å². The Morgan fingerprint density at radius 1 is 1.65 bits per heavy atom. The lowest BCUT2D eigenvalue weighted by Crippen LogP contribution is -2.23. The van der Waals surface area contributed by atoms with Gasteiger partial charge in [0.05, 0.1) is 9.95 Å². The van der Waals surface area contributed by atoms with Crippen LogP contribution in [0.3, 0.4) is 0 Å². The van der Waals surface area contributed by atoms with Crippen molar-refractivity contribution in [2.75, 3.05) is 12.4 Å². The van der Waals surface area contributed by atoms with Crippen molar-refractivity contribution in [1.82, 2.24) is 0 Å². The summed E-state index contributed by atoms with van der Waals surface area (Å²) in [6, 6.07) is 2.67. The Balaban J connectivity index is 3.63. The van der Waals surface area contributed by atoms with Crippen LogP contribution in [0.4, 0.5) is 11.4 Å². The summed E-state index contributed by atoms with van der Waals surface area (Å²) in [5.74, 6) is 0.0429. The molecule has 0 fully saturated rings. The first-order chi connectivity index (χ1) is 7.90. The minimum absolute atomic E-state index is 0.0429. The fraction of sp³-hybridized carbons (Fsp3) is 0.125. The van der Waals surface area contributed by atoms with E-state index in [9.17, 15) is 10.1 Å². The number of nitrogens with one attached hydrogen (secondary N) is 1. The first-order valence-corrected chi connectivity index (χ1v) is 5.48. The van der Waals surface area contributed by atoms with Crippen LogP contribution in [0.25, 0.3) is 0 Å². The summed E-state index contributed by atoms with van der Waals surface area (Å²) >= 11 is 14.5. The van der Waals surface area contributed by atoms with Gasteiger partial charge in [0.1, 0.15) is 11.3 Å². The van der Waals surface area contributed by atoms with Crippen LogP contribution in [0, 0.1) is 10.1 Å². The van der Waals surface area contributed by atoms with Crippen LogP contribution in [0.15, 0.2) is 12.1 Å². The van der Waals surface area contributed by atoms with Crippen molar-refractivity contribution in [2.24, 2.45) is 5.73 Å². The summed E-state index contributed by atoms with van der Waals surface area (Å²) in [4.78, 5) is 10.3. The molecule has 1 aromatic carbocycles. The highest BCUT2D eigenvalue weighted by Crippen LogP contribution is 2.33. The Hall–Kier alpha value is -1.25. The predicted molar refractivity (Wildman–Crippen MR) is 72.6 cm³/mol. The first-order valence-electron chi connectivity index (χ1n) is 4.33. The molecule has 9 heteroatoms. The van der Waals surface area contributed by atoms with E-state index in [1.54, 1.807) is 0 Å². The van der Waals surface area contributed by atoms with Gasteiger partial charge in [0.2, 0.25) is 0 Å². The fourth-order valence-electron chi connectivity index (χ4n) is 1.32. The molecule has 1 rings (SSSR count). The highest BCUT2D eigenvalue weighted by Gasteiger charge is 2.24. The van der Waals surface area contributed by atoms with Gasteiger partial charge in [-0.2, -0.15) is 0 Å². The normalized spacial score (nSPS) is 11.9. The molecule has 0 aromatic heterocycles. The van der Waals surface area contributed by atoms with Crippen LogP contribution >= 0.6 is 24.4 Å². The molecule has 0 saturated carbocycles. The molecule has 0 amide bonds. The number of nitro benzene ring substituents is 1. The van der Waals surface area contributed by atoms with Gasteiger partial charge in [-0.1, -0.05) is 11.6 Å². The molecule has 17 heavy (non-hydrogen) atoms. The molecule has 0 unspecified atom stereocenters. The third kappa shape index (κ3) is 2.71. The Morgan fingerprint density at radius 2 is 2.24 bits per heavy atom. The zero-order chi connectivity index (χ0) is 13.2. The van der Waals surface area contributed by atoms with E-state index in [2.05, 4.69) is 18.1 Å². The molecule has 0 spiro atoms. The minimum atomic E-state index is -0.537. The minimum Gasteiger partial charge on any atom is -0.545 e. The van der Waals surface area contributed by atoms with Crippen molar-refractivity contribution in [1.29, 1.82) is 0 Å². The second-order valence-corrected chi connectivity index (χ2v) is 4.42. The van der Waals surface area contributed by atoms with E-state index in [0.29, 0.717) is 0 Å². The van der Waals surface area contributed by atoms with Crippen LogP contribution in [0.2, 0.25) is 5.02 Å². The van der Waals surface area contributed by atoms with Crippen molar-refractivity contribution in [2.45, 2.75) is 0 Å². The lowest BCUT2D eigenvalue weighted by Gasteiger charge is -2.11. The Kier molecular flexibility index (Phi) is 4.38. The molecule has 6 nitrogen and oxygen atoms in total. The van der Waals surface area contributed by atoms with E-state index >= 15 is 0 Å². The van der Waals surface area contributed by atoms with Crippen LogP contribution in [-0.2, 0) is 12.8 Å². The molecule has 0 heterocycles. The maximum Gasteiger partial charge on any atom is 0.293 e. The number of hydrogen-bond acceptors (Lipinski definition) is 5. The smallest absolute Gasteiger partial charge is 0.293 e. The Labute approximate surface area is 114 Å². The highest BCUT2D eigenvalue weighted by molar-refractivity contribution is 7.79. The van der Waals surface area contributed by atoms with Crippen LogP contribution in [-0.4, -0.2) is 21.2 Å². The Bertz CT molecular complexity index is 503. The van der Waals surface area contributed by atoms with E-state index < -0.39 is 4.92 Å². The molecule has 0 saturated heterocycles. The van der Waals surface area contributed by atoms with Crippen molar-refractivity contribution in [3.05, 3.63) is 32.8 Å². The van der Waals surface area contributed by atoms with Gasteiger partial charge in [-0.05, 0) is 6.07 Å². The van der Waals surface area contributed by atoms with Gasteiger partial charge in [-0.25, -0.2) is 0 Å². The Morgan fingerprint density at radius 3 is 2.65 bits per heavy atom. The molecule has 0 aliphatic heterocycles. The third-order valence-electron chi connectivity index (χ3n) is 2.04. The van der Waals surface area contributed by atoms with Gasteiger partial charge in [-0.3, -0.25) is 15.8 Å². The number of amidine groups is 1. The maximum atomic E-state index is 10.9. The first kappa shape index (κ1) is 13.8. The van der Waals surface area contributed by atoms with Crippen molar-refractivity contribution >= 4 is 54.4 Å². The molecule has 1 aromatic rings. The van der Waals surface area contributed by atoms with Gasteiger partial charge >= 0.3 is 0 Å². The van der Waals surface area contributed by atoms with E-state index in [0.717, 1.165) is 3.39 Å². The zero-order valence-electron chi connectivity index (χ0n) is 8.68. The second-order valence-electron chi connectivity index (χ2n) is 2.98. The van der Waals surface area contributed by atoms with Crippen molar-refractivity contribution in [3.8, 4) is 0 Å². The average Bonchev–Trinajstić information content (AvgIpc) is 2.26. The zero-order valence-corrected chi connectivity index (χ0v) is 11.1. The number of nitrogens with two attached hydrogens (primary N) is 1. The number of anilines is 1. The number of rotatable bonds is 3. The van der Waals surface area contributed by atoms with Crippen LogP contribution in [0.5, 0.6) is 0 Å². The van der Waals surface area contributed by atoms with Crippen molar-refractivity contribution in [3.63, 3.8) is 0 Å². The van der Waals surface area contributed by atoms with Crippen LogP contribution < -0.4 is 11.1 Å². The van der Waals surface area contributed by atoms with Gasteiger partial charge < -0.3 is 21.5 Å². The van der Waals surface area contributed by atoms with E-state index in [-0.39, 0.29) is 27.8 Å². The summed E-state index contributed by atoms with van der Waals surface area (Å²) in [6.07, 6.45) is 0. The van der Waals surface area contributed by atoms with Gasteiger partial charge in [0.25, 0.3) is 11.5 Å². The topological polar surface area (TPSA) is 84.2 Å². The maximum absolute atomic E-state index is 10.9. The molecule has 0 bridgehead atoms. The molecule has 92 valence electrons. The second kappa shape index (κ2) is 5.39. The summed E-state index contributed by atoms with van der Waals surface area (Å²) < 4.78 is 0.922. The monoisotopic (exact) mass is 292 g/mol. The SMILES string of the molecule is CNc1c([N+](=O)[O-])ccc(Cl)c1/C(N)=[N+](\[S-])S. The fourth-order valence-corrected chi connectivity index (χ4v) is 1.76. The molecule has 3 N–H and O–H groups in total. The summed E-state index contributed by atoms with van der Waals surface area (Å²) in [5.41, 5.74) is 6.02. The van der Waals surface area contributed by atoms with Crippen molar-refractivity contribution < 1.29 is 8.31 Å². The van der Waals surface area contributed by atoms with E-state index in [1.165, 1.54) is 19.2 Å². The molecular formula is C8H9ClN4O2S2. The molecule has 0 aliphatic carbocycles. The lowest BCUT2D eigenvalue weighted by atomic mass is 10.1. The summed E-state index contributed by atoms with van der Waals surface area (Å²) in [7, 11) is 1.53. The van der Waals surface area contributed by atoms with Gasteiger partial charge in [0.15, 0.2) is 0 Å².